The zero-order valence-electron chi connectivity index (χ0n) is 12.3. The Labute approximate surface area is 127 Å². The molecule has 1 aromatic carbocycles. The number of aliphatic imine (C=N–C) groups is 1. The van der Waals surface area contributed by atoms with E-state index in [0.29, 0.717) is 12.1 Å². The van der Waals surface area contributed by atoms with Crippen LogP contribution in [0.1, 0.15) is 18.9 Å². The van der Waals surface area contributed by atoms with Gasteiger partial charge in [-0.1, -0.05) is 0 Å². The number of nitrogen functional groups attached to an aromatic ring is 1. The number of ether oxygens (including phenoxy) is 2. The van der Waals surface area contributed by atoms with Gasteiger partial charge in [0.15, 0.2) is 0 Å². The van der Waals surface area contributed by atoms with Crippen LogP contribution < -0.4 is 11.5 Å². The Bertz CT molecular complexity index is 610. The lowest BCUT2D eigenvalue weighted by atomic mass is 9.73. The summed E-state index contributed by atoms with van der Waals surface area (Å²) in [6.45, 7) is 1.22. The first-order valence-corrected chi connectivity index (χ1v) is 7.21. The summed E-state index contributed by atoms with van der Waals surface area (Å²) in [6.07, 6.45) is 0.153. The van der Waals surface area contributed by atoms with Crippen LogP contribution in [0.3, 0.4) is 0 Å². The van der Waals surface area contributed by atoms with Gasteiger partial charge in [0.1, 0.15) is 24.1 Å². The normalized spacial score (nSPS) is 34.5. The largest absolute Gasteiger partial charge is 0.462 e. The van der Waals surface area contributed by atoms with Gasteiger partial charge in [-0.3, -0.25) is 0 Å². The van der Waals surface area contributed by atoms with Crippen molar-refractivity contribution >= 4 is 11.7 Å². The molecule has 1 aromatic rings. The molecule has 2 heterocycles. The van der Waals surface area contributed by atoms with Crippen molar-refractivity contribution < 1.29 is 18.3 Å². The Kier molecular flexibility index (Phi) is 3.68. The highest BCUT2D eigenvalue weighted by molar-refractivity contribution is 5.73. The van der Waals surface area contributed by atoms with Crippen LogP contribution in [0.2, 0.25) is 0 Å². The van der Waals surface area contributed by atoms with Gasteiger partial charge in [-0.2, -0.15) is 0 Å². The summed E-state index contributed by atoms with van der Waals surface area (Å²) < 4.78 is 39.6. The Balaban J connectivity index is 2.13. The van der Waals surface area contributed by atoms with Crippen LogP contribution in [0.5, 0.6) is 0 Å². The van der Waals surface area contributed by atoms with Gasteiger partial charge in [-0.25, -0.2) is 13.8 Å². The van der Waals surface area contributed by atoms with Gasteiger partial charge in [0.2, 0.25) is 0 Å². The average molecular weight is 311 g/mol. The number of rotatable bonds is 2. The van der Waals surface area contributed by atoms with E-state index in [2.05, 4.69) is 4.99 Å². The highest BCUT2D eigenvalue weighted by Crippen LogP contribution is 2.45. The summed E-state index contributed by atoms with van der Waals surface area (Å²) in [6, 6.07) is 3.92. The Hall–Kier alpha value is -1.89. The lowest BCUT2D eigenvalue weighted by molar-refractivity contribution is -0.109. The molecule has 2 aliphatic heterocycles. The molecule has 0 aliphatic carbocycles. The molecule has 1 saturated heterocycles. The molecule has 4 atom stereocenters. The summed E-state index contributed by atoms with van der Waals surface area (Å²) >= 11 is 0. The number of benzene rings is 1. The predicted octanol–water partition coefficient (Wildman–Crippen LogP) is 1.71. The van der Waals surface area contributed by atoms with E-state index in [4.69, 9.17) is 20.9 Å². The lowest BCUT2D eigenvalue weighted by Gasteiger charge is -2.46. The van der Waals surface area contributed by atoms with Crippen LogP contribution >= 0.6 is 0 Å². The summed E-state index contributed by atoms with van der Waals surface area (Å²) in [7, 11) is 0. The fourth-order valence-corrected chi connectivity index (χ4v) is 3.31. The number of alkyl halides is 1. The molecule has 7 heteroatoms. The summed E-state index contributed by atoms with van der Waals surface area (Å²) in [4.78, 5) is 4.14. The maximum atomic E-state index is 14.3. The molecule has 120 valence electrons. The van der Waals surface area contributed by atoms with Crippen molar-refractivity contribution in [2.75, 3.05) is 19.0 Å². The third-order valence-electron chi connectivity index (χ3n) is 4.43. The number of nitrogens with two attached hydrogens (primary N) is 2. The number of anilines is 1. The predicted molar refractivity (Wildman–Crippen MR) is 78.5 cm³/mol. The number of halogens is 2. The molecule has 5 nitrogen and oxygen atoms in total. The fraction of sp³-hybridized carbons (Fsp3) is 0.533. The molecule has 0 spiro atoms. The van der Waals surface area contributed by atoms with Crippen molar-refractivity contribution in [2.24, 2.45) is 16.6 Å². The summed E-state index contributed by atoms with van der Waals surface area (Å²) in [5.41, 5.74) is 10.4. The van der Waals surface area contributed by atoms with Crippen LogP contribution in [0.15, 0.2) is 23.2 Å². The third kappa shape index (κ3) is 2.29. The van der Waals surface area contributed by atoms with Gasteiger partial charge in [-0.05, 0) is 25.1 Å². The van der Waals surface area contributed by atoms with Gasteiger partial charge in [0, 0.05) is 17.7 Å². The smallest absolute Gasteiger partial charge is 0.283 e. The Morgan fingerprint density at radius 2 is 2.18 bits per heavy atom. The molecule has 0 aromatic heterocycles. The molecule has 22 heavy (non-hydrogen) atoms. The van der Waals surface area contributed by atoms with Crippen molar-refractivity contribution in [3.05, 3.63) is 29.6 Å². The Morgan fingerprint density at radius 1 is 1.41 bits per heavy atom. The van der Waals surface area contributed by atoms with Gasteiger partial charge in [0.05, 0.1) is 18.6 Å². The number of nitrogens with zero attached hydrogens (tertiary/aromatic N) is 1. The van der Waals surface area contributed by atoms with Gasteiger partial charge >= 0.3 is 0 Å². The number of amidine groups is 1. The van der Waals surface area contributed by atoms with E-state index in [-0.39, 0.29) is 30.4 Å². The monoisotopic (exact) mass is 311 g/mol. The highest BCUT2D eigenvalue weighted by atomic mass is 19.1. The minimum atomic E-state index is -1.47. The molecule has 1 fully saturated rings. The first-order chi connectivity index (χ1) is 10.5. The van der Waals surface area contributed by atoms with E-state index in [1.54, 1.807) is 0 Å². The first-order valence-electron chi connectivity index (χ1n) is 7.21. The molecule has 0 bridgehead atoms. The van der Waals surface area contributed by atoms with E-state index in [9.17, 15) is 8.78 Å². The average Bonchev–Trinajstić information content (AvgIpc) is 2.48. The van der Waals surface area contributed by atoms with E-state index < -0.39 is 23.9 Å². The standard InChI is InChI=1S/C15H19F2N3O2/c1-8-4-13-11(6-21-8)15(7-16,20-14(19)22-13)10-5-9(18)2-3-12(10)17/h2-3,5,8,11,13H,4,6-7,18H2,1H3,(H2,19,20)/t8-,11+,13-,15-/m1/s1. The zero-order valence-corrected chi connectivity index (χ0v) is 12.3. The second-order valence-corrected chi connectivity index (χ2v) is 5.89. The molecule has 0 radical (unpaired) electrons. The van der Waals surface area contributed by atoms with Crippen LogP contribution in [0.4, 0.5) is 14.5 Å². The van der Waals surface area contributed by atoms with Crippen molar-refractivity contribution in [3.8, 4) is 0 Å². The fourth-order valence-electron chi connectivity index (χ4n) is 3.31. The molecular formula is C15H19F2N3O2. The maximum Gasteiger partial charge on any atom is 0.283 e. The van der Waals surface area contributed by atoms with Crippen LogP contribution in [0.25, 0.3) is 0 Å². The van der Waals surface area contributed by atoms with Crippen LogP contribution in [-0.4, -0.2) is 31.5 Å². The van der Waals surface area contributed by atoms with E-state index >= 15 is 0 Å². The molecule has 0 unspecified atom stereocenters. The SMILES string of the molecule is C[C@@H]1C[C@H]2OC(N)=N[C@](CF)(c3cc(N)ccc3F)[C@H]2CO1. The third-order valence-corrected chi connectivity index (χ3v) is 4.43. The summed E-state index contributed by atoms with van der Waals surface area (Å²) in [5.74, 6) is -1.03. The number of hydrogen-bond acceptors (Lipinski definition) is 5. The molecule has 2 aliphatic rings. The second-order valence-electron chi connectivity index (χ2n) is 5.89. The Morgan fingerprint density at radius 3 is 2.91 bits per heavy atom. The topological polar surface area (TPSA) is 82.9 Å². The van der Waals surface area contributed by atoms with Crippen molar-refractivity contribution in [2.45, 2.75) is 31.1 Å². The lowest BCUT2D eigenvalue weighted by Crippen LogP contribution is -2.55. The molecule has 0 amide bonds. The van der Waals surface area contributed by atoms with E-state index in [0.717, 1.165) is 0 Å². The van der Waals surface area contributed by atoms with Crippen LogP contribution in [-0.2, 0) is 15.0 Å². The van der Waals surface area contributed by atoms with Crippen molar-refractivity contribution in [1.82, 2.24) is 0 Å². The first kappa shape index (κ1) is 15.0. The van der Waals surface area contributed by atoms with E-state index in [1.807, 2.05) is 6.92 Å². The van der Waals surface area contributed by atoms with Crippen LogP contribution in [0, 0.1) is 11.7 Å². The molecule has 3 rings (SSSR count). The quantitative estimate of drug-likeness (QED) is 0.815. The van der Waals surface area contributed by atoms with Gasteiger partial charge in [0.25, 0.3) is 6.02 Å². The summed E-state index contributed by atoms with van der Waals surface area (Å²) in [5, 5.41) is 0. The van der Waals surface area contributed by atoms with E-state index in [1.165, 1.54) is 18.2 Å². The minimum absolute atomic E-state index is 0.0323. The molecule has 4 N–H and O–H groups in total. The van der Waals surface area contributed by atoms with Gasteiger partial charge < -0.3 is 20.9 Å². The van der Waals surface area contributed by atoms with Crippen molar-refractivity contribution in [1.29, 1.82) is 0 Å². The second kappa shape index (κ2) is 5.39. The van der Waals surface area contributed by atoms with Crippen molar-refractivity contribution in [3.63, 3.8) is 0 Å². The highest BCUT2D eigenvalue weighted by Gasteiger charge is 2.52. The molecule has 0 saturated carbocycles. The van der Waals surface area contributed by atoms with Gasteiger partial charge in [-0.15, -0.1) is 0 Å². The zero-order chi connectivity index (χ0) is 15.9. The number of fused-ring (bicyclic) bond motifs is 1. The number of hydrogen-bond donors (Lipinski definition) is 2. The maximum absolute atomic E-state index is 14.3. The minimum Gasteiger partial charge on any atom is -0.462 e. The molecular weight excluding hydrogens is 292 g/mol.